The summed E-state index contributed by atoms with van der Waals surface area (Å²) < 4.78 is 5.10. The lowest BCUT2D eigenvalue weighted by molar-refractivity contribution is -0.147. The zero-order valence-electron chi connectivity index (χ0n) is 10.5. The number of carboxylic acid groups (broad SMARTS) is 2. The van der Waals surface area contributed by atoms with Crippen LogP contribution in [0.4, 0.5) is 0 Å². The highest BCUT2D eigenvalue weighted by molar-refractivity contribution is 6.34. The average molecular weight is 336 g/mol. The molecule has 1 amide bonds. The van der Waals surface area contributed by atoms with Crippen LogP contribution in [0.1, 0.15) is 6.42 Å². The van der Waals surface area contributed by atoms with Crippen molar-refractivity contribution in [1.82, 2.24) is 5.32 Å². The summed E-state index contributed by atoms with van der Waals surface area (Å²) in [5.41, 5.74) is 0. The molecule has 114 valence electrons. The van der Waals surface area contributed by atoms with Gasteiger partial charge in [-0.25, -0.2) is 4.79 Å². The fourth-order valence-electron chi connectivity index (χ4n) is 1.34. The molecule has 0 bridgehead atoms. The Labute approximate surface area is 129 Å². The third-order valence-electron chi connectivity index (χ3n) is 2.26. The van der Waals surface area contributed by atoms with Crippen molar-refractivity contribution in [3.05, 3.63) is 28.2 Å². The van der Waals surface area contributed by atoms with Crippen LogP contribution in [0.25, 0.3) is 0 Å². The number of carbonyl (C=O) groups excluding carboxylic acids is 1. The average Bonchev–Trinajstić information content (AvgIpc) is 2.38. The number of benzene rings is 1. The minimum absolute atomic E-state index is 0.157. The maximum Gasteiger partial charge on any atom is 0.326 e. The van der Waals surface area contributed by atoms with E-state index in [1.165, 1.54) is 18.2 Å². The summed E-state index contributed by atoms with van der Waals surface area (Å²) in [4.78, 5) is 32.8. The zero-order chi connectivity index (χ0) is 16.0. The van der Waals surface area contributed by atoms with E-state index in [2.05, 4.69) is 0 Å². The van der Waals surface area contributed by atoms with Crippen molar-refractivity contribution in [2.24, 2.45) is 0 Å². The number of rotatable bonds is 7. The minimum atomic E-state index is -1.53. The van der Waals surface area contributed by atoms with E-state index in [4.69, 9.17) is 38.2 Å². The van der Waals surface area contributed by atoms with Crippen LogP contribution >= 0.6 is 23.2 Å². The second-order valence-corrected chi connectivity index (χ2v) is 4.76. The first-order valence-electron chi connectivity index (χ1n) is 5.61. The van der Waals surface area contributed by atoms with Crippen molar-refractivity contribution < 1.29 is 29.3 Å². The molecule has 21 heavy (non-hydrogen) atoms. The van der Waals surface area contributed by atoms with Crippen molar-refractivity contribution in [3.8, 4) is 5.75 Å². The Morgan fingerprint density at radius 1 is 1.24 bits per heavy atom. The van der Waals surface area contributed by atoms with Crippen molar-refractivity contribution in [2.75, 3.05) is 6.61 Å². The standard InChI is InChI=1S/C12H11Cl2NO6/c13-6-1-2-7(14)9(3-6)21-5-10(16)15-8(12(19)20)4-11(17)18/h1-3,8H,4-5H2,(H,15,16)(H,17,18)(H,19,20). The van der Waals surface area contributed by atoms with E-state index in [1.54, 1.807) is 0 Å². The van der Waals surface area contributed by atoms with E-state index in [-0.39, 0.29) is 10.8 Å². The first-order chi connectivity index (χ1) is 9.79. The minimum Gasteiger partial charge on any atom is -0.482 e. The van der Waals surface area contributed by atoms with Crippen LogP contribution in [0.3, 0.4) is 0 Å². The molecule has 0 spiro atoms. The second-order valence-electron chi connectivity index (χ2n) is 3.92. The summed E-state index contributed by atoms with van der Waals surface area (Å²) in [6, 6.07) is 2.86. The molecule has 0 saturated carbocycles. The highest BCUT2D eigenvalue weighted by atomic mass is 35.5. The fourth-order valence-corrected chi connectivity index (χ4v) is 1.68. The Kier molecular flexibility index (Phi) is 6.26. The molecule has 1 aromatic rings. The van der Waals surface area contributed by atoms with Crippen LogP contribution in [-0.2, 0) is 14.4 Å². The topological polar surface area (TPSA) is 113 Å². The first-order valence-corrected chi connectivity index (χ1v) is 6.37. The molecule has 9 heteroatoms. The second kappa shape index (κ2) is 7.70. The molecule has 1 rings (SSSR count). The number of amides is 1. The van der Waals surface area contributed by atoms with Gasteiger partial charge in [0.15, 0.2) is 6.61 Å². The third-order valence-corrected chi connectivity index (χ3v) is 2.81. The number of carboxylic acids is 2. The highest BCUT2D eigenvalue weighted by Crippen LogP contribution is 2.27. The van der Waals surface area contributed by atoms with Gasteiger partial charge in [0.05, 0.1) is 11.4 Å². The Balaban J connectivity index is 2.58. The smallest absolute Gasteiger partial charge is 0.326 e. The summed E-state index contributed by atoms with van der Waals surface area (Å²) in [6.07, 6.45) is -0.737. The van der Waals surface area contributed by atoms with Crippen LogP contribution in [0.2, 0.25) is 10.0 Å². The molecule has 0 aliphatic carbocycles. The zero-order valence-corrected chi connectivity index (χ0v) is 12.0. The van der Waals surface area contributed by atoms with Gasteiger partial charge in [-0.3, -0.25) is 9.59 Å². The molecule has 1 unspecified atom stereocenters. The van der Waals surface area contributed by atoms with Gasteiger partial charge in [-0.15, -0.1) is 0 Å². The van der Waals surface area contributed by atoms with Crippen LogP contribution in [0.15, 0.2) is 18.2 Å². The lowest BCUT2D eigenvalue weighted by Gasteiger charge is -2.13. The number of ether oxygens (including phenoxy) is 1. The first kappa shape index (κ1) is 17.1. The Bertz CT molecular complexity index is 563. The van der Waals surface area contributed by atoms with Gasteiger partial charge < -0.3 is 20.3 Å². The van der Waals surface area contributed by atoms with Gasteiger partial charge in [-0.05, 0) is 12.1 Å². The number of aliphatic carboxylic acids is 2. The van der Waals surface area contributed by atoms with Crippen LogP contribution in [-0.4, -0.2) is 40.7 Å². The number of hydrogen-bond acceptors (Lipinski definition) is 4. The number of halogens is 2. The van der Waals surface area contributed by atoms with Gasteiger partial charge in [0.25, 0.3) is 5.91 Å². The highest BCUT2D eigenvalue weighted by Gasteiger charge is 2.23. The van der Waals surface area contributed by atoms with Gasteiger partial charge in [-0.1, -0.05) is 23.2 Å². The van der Waals surface area contributed by atoms with Gasteiger partial charge in [0.2, 0.25) is 0 Å². The van der Waals surface area contributed by atoms with Gasteiger partial charge >= 0.3 is 11.9 Å². The Hall–Kier alpha value is -1.99. The summed E-state index contributed by atoms with van der Waals surface area (Å²) in [7, 11) is 0. The Morgan fingerprint density at radius 3 is 2.48 bits per heavy atom. The number of nitrogens with one attached hydrogen (secondary N) is 1. The van der Waals surface area contributed by atoms with Crippen LogP contribution in [0.5, 0.6) is 5.75 Å². The number of carbonyl (C=O) groups is 3. The lowest BCUT2D eigenvalue weighted by Crippen LogP contribution is -2.44. The molecule has 0 saturated heterocycles. The van der Waals surface area contributed by atoms with E-state index < -0.39 is 36.9 Å². The fraction of sp³-hybridized carbons (Fsp3) is 0.250. The van der Waals surface area contributed by atoms with Crippen molar-refractivity contribution in [2.45, 2.75) is 12.5 Å². The molecule has 1 atom stereocenters. The molecule has 1 aromatic carbocycles. The summed E-state index contributed by atoms with van der Waals surface area (Å²) in [5, 5.41) is 19.9. The van der Waals surface area contributed by atoms with E-state index in [0.29, 0.717) is 5.02 Å². The van der Waals surface area contributed by atoms with Crippen molar-refractivity contribution >= 4 is 41.0 Å². The molecule has 0 aliphatic rings. The third kappa shape index (κ3) is 5.88. The normalized spacial score (nSPS) is 11.5. The summed E-state index contributed by atoms with van der Waals surface area (Å²) >= 11 is 11.6. The van der Waals surface area contributed by atoms with Crippen LogP contribution < -0.4 is 10.1 Å². The predicted molar refractivity (Wildman–Crippen MR) is 73.8 cm³/mol. The molecule has 7 nitrogen and oxygen atoms in total. The Morgan fingerprint density at radius 2 is 1.90 bits per heavy atom. The van der Waals surface area contributed by atoms with E-state index in [9.17, 15) is 14.4 Å². The molecule has 0 aromatic heterocycles. The molecule has 0 aliphatic heterocycles. The summed E-state index contributed by atoms with van der Waals surface area (Å²) in [5.74, 6) is -3.43. The molecule has 0 radical (unpaired) electrons. The molecular formula is C12H11Cl2NO6. The molecule has 0 fully saturated rings. The van der Waals surface area contributed by atoms with Crippen molar-refractivity contribution in [1.29, 1.82) is 0 Å². The van der Waals surface area contributed by atoms with E-state index >= 15 is 0 Å². The van der Waals surface area contributed by atoms with Gasteiger partial charge in [-0.2, -0.15) is 0 Å². The largest absolute Gasteiger partial charge is 0.482 e. The maximum atomic E-state index is 11.5. The number of hydrogen-bond donors (Lipinski definition) is 3. The van der Waals surface area contributed by atoms with Gasteiger partial charge in [0, 0.05) is 11.1 Å². The molecular weight excluding hydrogens is 325 g/mol. The SMILES string of the molecule is O=C(O)CC(NC(=O)COc1cc(Cl)ccc1Cl)C(=O)O. The monoisotopic (exact) mass is 335 g/mol. The van der Waals surface area contributed by atoms with Crippen molar-refractivity contribution in [3.63, 3.8) is 0 Å². The van der Waals surface area contributed by atoms with Crippen LogP contribution in [0, 0.1) is 0 Å². The summed E-state index contributed by atoms with van der Waals surface area (Å²) in [6.45, 7) is -0.524. The predicted octanol–water partition coefficient (Wildman–Crippen LogP) is 1.42. The molecule has 3 N–H and O–H groups in total. The lowest BCUT2D eigenvalue weighted by atomic mass is 10.2. The van der Waals surface area contributed by atoms with E-state index in [0.717, 1.165) is 0 Å². The quantitative estimate of drug-likeness (QED) is 0.694. The van der Waals surface area contributed by atoms with Gasteiger partial charge in [0.1, 0.15) is 11.8 Å². The van der Waals surface area contributed by atoms with E-state index in [1.807, 2.05) is 5.32 Å². The maximum absolute atomic E-state index is 11.5. The molecule has 0 heterocycles.